The number of ketones is 2. The third-order valence-corrected chi connectivity index (χ3v) is 12.4. The molecule has 0 fully saturated rings. The number of hydrogen-bond acceptors (Lipinski definition) is 10. The molecule has 0 aliphatic heterocycles. The Morgan fingerprint density at radius 3 is 1.44 bits per heavy atom. The van der Waals surface area contributed by atoms with Gasteiger partial charge < -0.3 is 55.0 Å². The molecule has 0 aliphatic carbocycles. The number of aliphatic hydroxyl groups excluding tert-OH is 1. The Labute approximate surface area is 407 Å². The van der Waals surface area contributed by atoms with Crippen molar-refractivity contribution in [3.05, 3.63) is 0 Å². The van der Waals surface area contributed by atoms with E-state index in [0.717, 1.165) is 25.7 Å². The molecule has 68 heavy (non-hydrogen) atoms. The summed E-state index contributed by atoms with van der Waals surface area (Å²) in [5, 5.41) is 21.4. The summed E-state index contributed by atoms with van der Waals surface area (Å²) in [6.45, 7) is 11.3. The Hall–Kier alpha value is -4.81. The summed E-state index contributed by atoms with van der Waals surface area (Å²) in [7, 11) is 0. The third-order valence-electron chi connectivity index (χ3n) is 12.4. The summed E-state index contributed by atoms with van der Waals surface area (Å²) in [6.07, 6.45) is 16.0. The first kappa shape index (κ1) is 63.2. The van der Waals surface area contributed by atoms with E-state index < -0.39 is 91.0 Å². The van der Waals surface area contributed by atoms with E-state index in [0.29, 0.717) is 12.8 Å². The van der Waals surface area contributed by atoms with Crippen LogP contribution in [-0.2, 0) is 33.6 Å². The second-order valence-corrected chi connectivity index (χ2v) is 19.0. The predicted octanol–water partition coefficient (Wildman–Crippen LogP) is 3.64. The van der Waals surface area contributed by atoms with Crippen molar-refractivity contribution in [1.29, 1.82) is 0 Å². The van der Waals surface area contributed by atoms with Crippen molar-refractivity contribution >= 4 is 53.0 Å². The number of unbranched alkanes of at least 4 members (excludes halogenated alkanes) is 12. The van der Waals surface area contributed by atoms with Gasteiger partial charge in [0.2, 0.25) is 29.5 Å². The maximum Gasteiger partial charge on any atom is 0.243 e. The number of carbonyl (C=O) groups excluding carboxylic acids is 7. The van der Waals surface area contributed by atoms with E-state index in [1.807, 2.05) is 34.6 Å². The van der Waals surface area contributed by atoms with Crippen molar-refractivity contribution in [2.45, 2.75) is 213 Å². The zero-order valence-corrected chi connectivity index (χ0v) is 42.6. The van der Waals surface area contributed by atoms with Crippen molar-refractivity contribution in [3.63, 3.8) is 0 Å². The van der Waals surface area contributed by atoms with Crippen molar-refractivity contribution in [1.82, 2.24) is 21.3 Å². The topological polar surface area (TPSA) is 343 Å². The van der Waals surface area contributed by atoms with Gasteiger partial charge in [-0.3, -0.25) is 43.5 Å². The first-order valence-electron chi connectivity index (χ1n) is 25.5. The Bertz CT molecular complexity index is 1550. The van der Waals surface area contributed by atoms with Crippen molar-refractivity contribution in [2.75, 3.05) is 19.7 Å². The minimum absolute atomic E-state index is 0.0723. The van der Waals surface area contributed by atoms with Gasteiger partial charge in [0.05, 0.1) is 18.6 Å². The van der Waals surface area contributed by atoms with Crippen LogP contribution in [-0.4, -0.2) is 102 Å². The van der Waals surface area contributed by atoms with E-state index in [1.54, 1.807) is 0 Å². The van der Waals surface area contributed by atoms with Gasteiger partial charge in [0.1, 0.15) is 12.1 Å². The molecule has 0 bridgehead atoms. The number of primary amides is 1. The Morgan fingerprint density at radius 2 is 0.971 bits per heavy atom. The van der Waals surface area contributed by atoms with Gasteiger partial charge >= 0.3 is 0 Å². The van der Waals surface area contributed by atoms with Crippen LogP contribution < -0.4 is 49.9 Å². The van der Waals surface area contributed by atoms with Crippen molar-refractivity contribution < 1.29 is 38.7 Å². The molecule has 0 aromatic heterocycles. The molecule has 0 aromatic rings. The van der Waals surface area contributed by atoms with Gasteiger partial charge in [0, 0.05) is 50.7 Å². The van der Waals surface area contributed by atoms with Gasteiger partial charge in [-0.25, -0.2) is 0 Å². The standard InChI is InChI=1S/C49H93N11O8/c1-7-9-10-11-12-13-14-15-16-17-18-19-20-25-44(65)58-39(24-22-27-56-49(53)54)47(68)60-40(32-61)42(63)29-36(28-33(3)4)46(67)59-38(23-21-26-55-48(51)52)41(62)30-37(31-43(50)64)45(66)57-35(6)34(5)8-2/h33-40,61H,7-32H2,1-6H3,(H2,50,64)(H,57,66)(H,58,65)(H,59,67)(H,60,68)(H4,51,52,55)(H4,53,54,56)/t34-,35+,36+,37-,38-,39-,40-/m0/s1. The normalized spacial score (nSPS) is 14.3. The number of nitrogens with one attached hydrogen (secondary N) is 4. The molecule has 15 N–H and O–H groups in total. The number of hydrogen-bond donors (Lipinski definition) is 10. The van der Waals surface area contributed by atoms with Gasteiger partial charge in [-0.1, -0.05) is 118 Å². The van der Waals surface area contributed by atoms with Gasteiger partial charge in [-0.2, -0.15) is 0 Å². The minimum atomic E-state index is -1.41. The molecule has 0 aromatic carbocycles. The average Bonchev–Trinajstić information content (AvgIpc) is 3.27. The number of Topliss-reactive ketones (excluding diaryl/α,β-unsaturated/α-hetero) is 2. The molecule has 5 amide bonds. The first-order chi connectivity index (χ1) is 32.2. The van der Waals surface area contributed by atoms with E-state index in [4.69, 9.17) is 28.7 Å². The van der Waals surface area contributed by atoms with Crippen LogP contribution in [0.2, 0.25) is 0 Å². The predicted molar refractivity (Wildman–Crippen MR) is 270 cm³/mol. The number of rotatable bonds is 42. The lowest BCUT2D eigenvalue weighted by Gasteiger charge is -2.26. The highest BCUT2D eigenvalue weighted by molar-refractivity contribution is 5.97. The number of nitrogens with two attached hydrogens (primary N) is 5. The van der Waals surface area contributed by atoms with Crippen LogP contribution in [0.25, 0.3) is 0 Å². The fraction of sp³-hybridized carbons (Fsp3) is 0.816. The number of nitrogens with zero attached hydrogens (tertiary/aromatic N) is 2. The lowest BCUT2D eigenvalue weighted by molar-refractivity contribution is -0.136. The minimum Gasteiger partial charge on any atom is -0.394 e. The van der Waals surface area contributed by atoms with Crippen LogP contribution in [0.3, 0.4) is 0 Å². The molecule has 0 rings (SSSR count). The van der Waals surface area contributed by atoms with E-state index in [2.05, 4.69) is 38.2 Å². The van der Waals surface area contributed by atoms with E-state index >= 15 is 0 Å². The van der Waals surface area contributed by atoms with Gasteiger partial charge in [-0.15, -0.1) is 0 Å². The summed E-state index contributed by atoms with van der Waals surface area (Å²) in [4.78, 5) is 102. The molecule has 19 nitrogen and oxygen atoms in total. The molecule has 0 heterocycles. The number of aliphatic hydroxyl groups is 1. The van der Waals surface area contributed by atoms with E-state index in [-0.39, 0.29) is 80.9 Å². The molecule has 19 heteroatoms. The molecule has 0 radical (unpaired) electrons. The molecular formula is C49H93N11O8. The molecule has 0 spiro atoms. The highest BCUT2D eigenvalue weighted by atomic mass is 16.3. The van der Waals surface area contributed by atoms with E-state index in [1.165, 1.54) is 57.8 Å². The second-order valence-electron chi connectivity index (χ2n) is 19.0. The molecule has 0 aliphatic rings. The van der Waals surface area contributed by atoms with Gasteiger partial charge in [0.15, 0.2) is 23.5 Å². The van der Waals surface area contributed by atoms with Crippen molar-refractivity contribution in [3.8, 4) is 0 Å². The molecule has 392 valence electrons. The van der Waals surface area contributed by atoms with Crippen LogP contribution in [0.15, 0.2) is 9.98 Å². The van der Waals surface area contributed by atoms with Crippen LogP contribution >= 0.6 is 0 Å². The summed E-state index contributed by atoms with van der Waals surface area (Å²) < 4.78 is 0. The Kier molecular flexibility index (Phi) is 35.4. The number of carbonyl (C=O) groups is 7. The molecular weight excluding hydrogens is 871 g/mol. The summed E-state index contributed by atoms with van der Waals surface area (Å²) in [5.41, 5.74) is 27.4. The molecule has 7 atom stereocenters. The van der Waals surface area contributed by atoms with Crippen LogP contribution in [0, 0.1) is 23.7 Å². The SMILES string of the molecule is CCCCCCCCCCCCCCCC(=O)N[C@@H](CCCN=C(N)N)C(=O)N[C@@H](CO)C(=O)C[C@@H](CC(C)C)C(=O)N[C@@H](CCCN=C(N)N)C(=O)C[C@@H](CC(N)=O)C(=O)N[C@H](C)[C@@H](C)CC. The van der Waals surface area contributed by atoms with Gasteiger partial charge in [0.25, 0.3) is 0 Å². The summed E-state index contributed by atoms with van der Waals surface area (Å²) in [5.74, 6) is -6.41. The van der Waals surface area contributed by atoms with Crippen LogP contribution in [0.5, 0.6) is 0 Å². The maximum absolute atomic E-state index is 14.1. The first-order valence-corrected chi connectivity index (χ1v) is 25.5. The maximum atomic E-state index is 14.1. The van der Waals surface area contributed by atoms with E-state index in [9.17, 15) is 38.7 Å². The van der Waals surface area contributed by atoms with Gasteiger partial charge in [-0.05, 0) is 57.3 Å². The Morgan fingerprint density at radius 1 is 0.515 bits per heavy atom. The molecule has 0 unspecified atom stereocenters. The monoisotopic (exact) mass is 964 g/mol. The largest absolute Gasteiger partial charge is 0.394 e. The third kappa shape index (κ3) is 31.3. The zero-order valence-electron chi connectivity index (χ0n) is 42.6. The number of guanidine groups is 2. The second kappa shape index (κ2) is 38.1. The van der Waals surface area contributed by atoms with Crippen molar-refractivity contribution in [2.24, 2.45) is 62.3 Å². The summed E-state index contributed by atoms with van der Waals surface area (Å²) >= 11 is 0. The summed E-state index contributed by atoms with van der Waals surface area (Å²) in [6, 6.07) is -3.85. The average molecular weight is 964 g/mol. The molecule has 0 saturated carbocycles. The number of aliphatic imine (C=N–C) groups is 2. The lowest BCUT2D eigenvalue weighted by atomic mass is 9.88. The van der Waals surface area contributed by atoms with Crippen LogP contribution in [0.1, 0.15) is 189 Å². The molecule has 0 saturated heterocycles. The highest BCUT2D eigenvalue weighted by Gasteiger charge is 2.34. The lowest BCUT2D eigenvalue weighted by Crippen LogP contribution is -2.53. The fourth-order valence-corrected chi connectivity index (χ4v) is 7.91. The number of amides is 5. The highest BCUT2D eigenvalue weighted by Crippen LogP contribution is 2.21. The Balaban J connectivity index is 5.92. The smallest absolute Gasteiger partial charge is 0.243 e. The fourth-order valence-electron chi connectivity index (χ4n) is 7.91. The zero-order chi connectivity index (χ0) is 51.4. The quantitative estimate of drug-likeness (QED) is 0.0238. The van der Waals surface area contributed by atoms with Crippen LogP contribution in [0.4, 0.5) is 0 Å².